The smallest absolute Gasteiger partial charge is 0.321 e. The van der Waals surface area contributed by atoms with E-state index in [9.17, 15) is 4.79 Å². The molecule has 0 saturated heterocycles. The molecule has 0 radical (unpaired) electrons. The molecular weight excluding hydrogens is 416 g/mol. The first-order valence-electron chi connectivity index (χ1n) is 9.79. The SMILES string of the molecule is CC.CCOC(=O)C(C)(C)Sc1ccc2cncc(-c3ccc(C#N)cc3Cl)c2c1. The number of pyridine rings is 1. The molecule has 3 aromatic rings. The Balaban J connectivity index is 0.00000155. The molecule has 0 aliphatic carbocycles. The molecule has 0 unspecified atom stereocenters. The molecule has 0 saturated carbocycles. The van der Waals surface area contributed by atoms with Crippen LogP contribution in [0.4, 0.5) is 0 Å². The zero-order valence-electron chi connectivity index (χ0n) is 17.8. The molecule has 1 heterocycles. The largest absolute Gasteiger partial charge is 0.465 e. The normalized spacial score (nSPS) is 10.7. The Morgan fingerprint density at radius 2 is 1.90 bits per heavy atom. The van der Waals surface area contributed by atoms with Gasteiger partial charge < -0.3 is 4.74 Å². The van der Waals surface area contributed by atoms with Crippen molar-refractivity contribution in [3.63, 3.8) is 0 Å². The van der Waals surface area contributed by atoms with E-state index in [1.54, 1.807) is 31.5 Å². The van der Waals surface area contributed by atoms with Crippen LogP contribution >= 0.6 is 23.4 Å². The highest BCUT2D eigenvalue weighted by Crippen LogP contribution is 2.38. The molecule has 30 heavy (non-hydrogen) atoms. The number of hydrogen-bond donors (Lipinski definition) is 0. The summed E-state index contributed by atoms with van der Waals surface area (Å²) in [5.41, 5.74) is 2.20. The zero-order chi connectivity index (χ0) is 22.3. The van der Waals surface area contributed by atoms with Gasteiger partial charge in [0.15, 0.2) is 0 Å². The Hall–Kier alpha value is -2.55. The van der Waals surface area contributed by atoms with Crippen LogP contribution in [0.3, 0.4) is 0 Å². The van der Waals surface area contributed by atoms with Crippen LogP contribution in [0, 0.1) is 11.3 Å². The molecule has 3 rings (SSSR count). The van der Waals surface area contributed by atoms with Gasteiger partial charge in [-0.2, -0.15) is 5.26 Å². The summed E-state index contributed by atoms with van der Waals surface area (Å²) in [6.45, 7) is 9.86. The number of rotatable bonds is 5. The lowest BCUT2D eigenvalue weighted by molar-refractivity contribution is -0.145. The van der Waals surface area contributed by atoms with Gasteiger partial charge in [0.2, 0.25) is 0 Å². The van der Waals surface area contributed by atoms with Gasteiger partial charge in [-0.05, 0) is 50.4 Å². The Kier molecular flexibility index (Phi) is 8.28. The fourth-order valence-corrected chi connectivity index (χ4v) is 4.19. The van der Waals surface area contributed by atoms with Gasteiger partial charge in [-0.1, -0.05) is 37.6 Å². The van der Waals surface area contributed by atoms with E-state index in [1.807, 2.05) is 52.0 Å². The van der Waals surface area contributed by atoms with Crippen molar-refractivity contribution >= 4 is 40.1 Å². The number of carbonyl (C=O) groups is 1. The van der Waals surface area contributed by atoms with Gasteiger partial charge in [0.05, 0.1) is 18.2 Å². The molecule has 0 aliphatic heterocycles. The van der Waals surface area contributed by atoms with Crippen LogP contribution in [-0.4, -0.2) is 22.3 Å². The number of esters is 1. The molecule has 0 spiro atoms. The number of hydrogen-bond acceptors (Lipinski definition) is 5. The Labute approximate surface area is 187 Å². The van der Waals surface area contributed by atoms with Crippen LogP contribution in [0.5, 0.6) is 0 Å². The first-order chi connectivity index (χ1) is 14.4. The lowest BCUT2D eigenvalue weighted by atomic mass is 10.00. The van der Waals surface area contributed by atoms with E-state index in [0.29, 0.717) is 17.2 Å². The predicted octanol–water partition coefficient (Wildman–Crippen LogP) is 6.89. The van der Waals surface area contributed by atoms with E-state index < -0.39 is 4.75 Å². The van der Waals surface area contributed by atoms with Crippen LogP contribution in [0.15, 0.2) is 53.7 Å². The highest BCUT2D eigenvalue weighted by Gasteiger charge is 2.30. The maximum Gasteiger partial charge on any atom is 0.321 e. The van der Waals surface area contributed by atoms with Crippen molar-refractivity contribution in [3.05, 3.63) is 59.4 Å². The van der Waals surface area contributed by atoms with Gasteiger partial charge in [-0.15, -0.1) is 11.8 Å². The standard InChI is InChI=1S/C22H19ClN2O2S.C2H6/c1-4-27-21(26)22(2,3)28-16-7-6-15-12-25-13-19(18(15)10-16)17-8-5-14(11-24)9-20(17)23;1-2/h5-10,12-13H,4H2,1-3H3;1-2H3. The monoisotopic (exact) mass is 440 g/mol. The van der Waals surface area contributed by atoms with Crippen molar-refractivity contribution in [1.82, 2.24) is 4.98 Å². The van der Waals surface area contributed by atoms with E-state index >= 15 is 0 Å². The fourth-order valence-electron chi connectivity index (χ4n) is 2.87. The number of ether oxygens (including phenoxy) is 1. The minimum atomic E-state index is -0.705. The number of aromatic nitrogens is 1. The van der Waals surface area contributed by atoms with Gasteiger partial charge in [0.1, 0.15) is 4.75 Å². The zero-order valence-corrected chi connectivity index (χ0v) is 19.4. The van der Waals surface area contributed by atoms with E-state index in [-0.39, 0.29) is 5.97 Å². The third-order valence-corrected chi connectivity index (χ3v) is 5.74. The fraction of sp³-hybridized carbons (Fsp3) is 0.292. The first-order valence-corrected chi connectivity index (χ1v) is 11.0. The molecule has 0 bridgehead atoms. The number of thioether (sulfide) groups is 1. The molecule has 6 heteroatoms. The molecule has 156 valence electrons. The van der Waals surface area contributed by atoms with Crippen LogP contribution in [0.2, 0.25) is 5.02 Å². The van der Waals surface area contributed by atoms with Gasteiger partial charge in [-0.25, -0.2) is 0 Å². The molecule has 2 aromatic carbocycles. The number of halogens is 1. The maximum absolute atomic E-state index is 12.2. The number of fused-ring (bicyclic) bond motifs is 1. The van der Waals surface area contributed by atoms with Crippen molar-refractivity contribution in [2.24, 2.45) is 0 Å². The third kappa shape index (κ3) is 5.33. The summed E-state index contributed by atoms with van der Waals surface area (Å²) in [5.74, 6) is -0.245. The van der Waals surface area contributed by atoms with Gasteiger partial charge >= 0.3 is 5.97 Å². The number of nitrogens with zero attached hydrogens (tertiary/aromatic N) is 2. The van der Waals surface area contributed by atoms with Gasteiger partial charge in [0.25, 0.3) is 0 Å². The minimum Gasteiger partial charge on any atom is -0.465 e. The molecule has 0 N–H and O–H groups in total. The summed E-state index contributed by atoms with van der Waals surface area (Å²) in [6, 6.07) is 13.3. The molecule has 0 amide bonds. The lowest BCUT2D eigenvalue weighted by Gasteiger charge is -2.22. The summed E-state index contributed by atoms with van der Waals surface area (Å²) in [5, 5.41) is 11.5. The van der Waals surface area contributed by atoms with E-state index in [1.165, 1.54) is 11.8 Å². The Morgan fingerprint density at radius 1 is 1.17 bits per heavy atom. The number of carbonyl (C=O) groups excluding carboxylic acids is 1. The molecule has 4 nitrogen and oxygen atoms in total. The third-order valence-electron chi connectivity index (χ3n) is 4.26. The van der Waals surface area contributed by atoms with Crippen molar-refractivity contribution < 1.29 is 9.53 Å². The highest BCUT2D eigenvalue weighted by molar-refractivity contribution is 8.01. The van der Waals surface area contributed by atoms with Crippen LogP contribution < -0.4 is 0 Å². The average Bonchev–Trinajstić information content (AvgIpc) is 2.74. The Bertz CT molecular complexity index is 1090. The van der Waals surface area contributed by atoms with Crippen LogP contribution in [0.1, 0.15) is 40.2 Å². The summed E-state index contributed by atoms with van der Waals surface area (Å²) >= 11 is 7.87. The summed E-state index contributed by atoms with van der Waals surface area (Å²) in [4.78, 5) is 17.5. The first kappa shape index (κ1) is 23.7. The van der Waals surface area contributed by atoms with Crippen molar-refractivity contribution in [2.45, 2.75) is 44.3 Å². The molecule has 1 aromatic heterocycles. The maximum atomic E-state index is 12.2. The summed E-state index contributed by atoms with van der Waals surface area (Å²) < 4.78 is 4.48. The van der Waals surface area contributed by atoms with Crippen molar-refractivity contribution in [3.8, 4) is 17.2 Å². The Morgan fingerprint density at radius 3 is 2.53 bits per heavy atom. The van der Waals surface area contributed by atoms with E-state index in [4.69, 9.17) is 21.6 Å². The van der Waals surface area contributed by atoms with Gasteiger partial charge in [-0.3, -0.25) is 9.78 Å². The van der Waals surface area contributed by atoms with E-state index in [2.05, 4.69) is 11.1 Å². The van der Waals surface area contributed by atoms with Crippen LogP contribution in [-0.2, 0) is 9.53 Å². The molecule has 0 fully saturated rings. The topological polar surface area (TPSA) is 63.0 Å². The number of benzene rings is 2. The number of nitriles is 1. The molecule has 0 atom stereocenters. The second-order valence-corrected chi connectivity index (χ2v) is 8.81. The summed E-state index contributed by atoms with van der Waals surface area (Å²) in [6.07, 6.45) is 3.56. The molecular formula is C24H25ClN2O2S. The quantitative estimate of drug-likeness (QED) is 0.319. The minimum absolute atomic E-state index is 0.245. The average molecular weight is 441 g/mol. The second-order valence-electron chi connectivity index (χ2n) is 6.71. The summed E-state index contributed by atoms with van der Waals surface area (Å²) in [7, 11) is 0. The lowest BCUT2D eigenvalue weighted by Crippen LogP contribution is -2.29. The van der Waals surface area contributed by atoms with Crippen LogP contribution in [0.25, 0.3) is 21.9 Å². The predicted molar refractivity (Wildman–Crippen MR) is 125 cm³/mol. The van der Waals surface area contributed by atoms with E-state index in [0.717, 1.165) is 26.8 Å². The van der Waals surface area contributed by atoms with Gasteiger partial charge in [0, 0.05) is 38.8 Å². The van der Waals surface area contributed by atoms with Crippen molar-refractivity contribution in [1.29, 1.82) is 5.26 Å². The molecule has 0 aliphatic rings. The second kappa shape index (κ2) is 10.5. The highest BCUT2D eigenvalue weighted by atomic mass is 35.5. The van der Waals surface area contributed by atoms with Crippen molar-refractivity contribution in [2.75, 3.05) is 6.61 Å².